The Morgan fingerprint density at radius 3 is 2.65 bits per heavy atom. The van der Waals surface area contributed by atoms with Gasteiger partial charge in [-0.3, -0.25) is 9.59 Å². The molecule has 2 aliphatic rings. The van der Waals surface area contributed by atoms with Crippen LogP contribution in [0.2, 0.25) is 0 Å². The monoisotopic (exact) mass is 353 g/mol. The first-order chi connectivity index (χ1) is 12.5. The molecule has 1 aliphatic carbocycles. The quantitative estimate of drug-likeness (QED) is 0.915. The molecule has 1 aromatic heterocycles. The maximum atomic E-state index is 13.3. The molecule has 0 unspecified atom stereocenters. The molecule has 5 heteroatoms. The van der Waals surface area contributed by atoms with Crippen molar-refractivity contribution in [3.8, 4) is 0 Å². The summed E-state index contributed by atoms with van der Waals surface area (Å²) in [4.78, 5) is 27.3. The fourth-order valence-electron chi connectivity index (χ4n) is 4.87. The number of aliphatic carboxylic acids is 1. The summed E-state index contributed by atoms with van der Waals surface area (Å²) in [6.07, 6.45) is 2.10. The van der Waals surface area contributed by atoms with Gasteiger partial charge in [0.15, 0.2) is 0 Å². The Labute approximate surface area is 152 Å². The molecule has 0 spiro atoms. The summed E-state index contributed by atoms with van der Waals surface area (Å²) in [7, 11) is 0. The zero-order chi connectivity index (χ0) is 18.4. The smallest absolute Gasteiger partial charge is 0.314 e. The van der Waals surface area contributed by atoms with Crippen LogP contribution in [0.15, 0.2) is 47.1 Å². The molecule has 26 heavy (non-hydrogen) atoms. The van der Waals surface area contributed by atoms with Crippen LogP contribution in [0.5, 0.6) is 0 Å². The van der Waals surface area contributed by atoms with Gasteiger partial charge in [0.2, 0.25) is 5.91 Å². The Hall–Kier alpha value is -2.56. The molecule has 2 aromatic rings. The van der Waals surface area contributed by atoms with E-state index in [9.17, 15) is 14.7 Å². The standard InChI is InChI=1S/C21H23NO4/c1-12(2)18-16-15(10-14-8-9-26-19(14)17(16)21(24)25)20(23)22(18)11-13-6-4-3-5-7-13/h3-9,12,15-18H,10-11H2,1-2H3,(H,24,25)/t15-,16+,17-,18+/m1/s1. The molecule has 1 N–H and O–H groups in total. The molecule has 1 amide bonds. The van der Waals surface area contributed by atoms with E-state index in [1.807, 2.05) is 35.2 Å². The van der Waals surface area contributed by atoms with Crippen LogP contribution in [0.3, 0.4) is 0 Å². The lowest BCUT2D eigenvalue weighted by molar-refractivity contribution is -0.142. The van der Waals surface area contributed by atoms with Gasteiger partial charge in [0.25, 0.3) is 0 Å². The minimum Gasteiger partial charge on any atom is -0.481 e. The Bertz CT molecular complexity index is 826. The minimum absolute atomic E-state index is 0.0654. The fraction of sp³-hybridized carbons (Fsp3) is 0.429. The van der Waals surface area contributed by atoms with Gasteiger partial charge in [-0.05, 0) is 29.5 Å². The van der Waals surface area contributed by atoms with E-state index in [0.717, 1.165) is 11.1 Å². The molecule has 1 saturated heterocycles. The van der Waals surface area contributed by atoms with Crippen molar-refractivity contribution in [2.75, 3.05) is 0 Å². The molecular formula is C21H23NO4. The van der Waals surface area contributed by atoms with E-state index in [-0.39, 0.29) is 29.7 Å². The number of hydrogen-bond acceptors (Lipinski definition) is 3. The molecule has 1 aromatic carbocycles. The summed E-state index contributed by atoms with van der Waals surface area (Å²) in [5.41, 5.74) is 1.92. The molecular weight excluding hydrogens is 330 g/mol. The van der Waals surface area contributed by atoms with Crippen molar-refractivity contribution < 1.29 is 19.1 Å². The highest BCUT2D eigenvalue weighted by Gasteiger charge is 2.57. The number of furan rings is 1. The Kier molecular flexibility index (Phi) is 4.10. The Morgan fingerprint density at radius 1 is 1.27 bits per heavy atom. The van der Waals surface area contributed by atoms with Crippen LogP contribution in [-0.2, 0) is 22.6 Å². The number of fused-ring (bicyclic) bond motifs is 2. The second kappa shape index (κ2) is 6.31. The number of likely N-dealkylation sites (tertiary alicyclic amines) is 1. The van der Waals surface area contributed by atoms with Crippen LogP contribution < -0.4 is 0 Å². The van der Waals surface area contributed by atoms with Crippen molar-refractivity contribution in [3.05, 3.63) is 59.5 Å². The number of carboxylic acids is 1. The Balaban J connectivity index is 1.75. The first-order valence-electron chi connectivity index (χ1n) is 9.12. The lowest BCUT2D eigenvalue weighted by atomic mass is 9.69. The van der Waals surface area contributed by atoms with Crippen molar-refractivity contribution in [1.29, 1.82) is 0 Å². The molecule has 1 aliphatic heterocycles. The van der Waals surface area contributed by atoms with E-state index >= 15 is 0 Å². The maximum Gasteiger partial charge on any atom is 0.314 e. The highest BCUT2D eigenvalue weighted by Crippen LogP contribution is 2.50. The predicted octanol–water partition coefficient (Wildman–Crippen LogP) is 3.30. The summed E-state index contributed by atoms with van der Waals surface area (Å²) in [6, 6.07) is 11.6. The van der Waals surface area contributed by atoms with Gasteiger partial charge >= 0.3 is 5.97 Å². The van der Waals surface area contributed by atoms with Crippen LogP contribution in [0.4, 0.5) is 0 Å². The van der Waals surface area contributed by atoms with Gasteiger partial charge < -0.3 is 14.4 Å². The van der Waals surface area contributed by atoms with E-state index < -0.39 is 11.9 Å². The van der Waals surface area contributed by atoms with E-state index in [1.165, 1.54) is 6.26 Å². The highest BCUT2D eigenvalue weighted by atomic mass is 16.4. The number of carbonyl (C=O) groups is 2. The molecule has 0 bridgehead atoms. The van der Waals surface area contributed by atoms with Gasteiger partial charge in [-0.15, -0.1) is 0 Å². The Morgan fingerprint density at radius 2 is 2.00 bits per heavy atom. The summed E-state index contributed by atoms with van der Waals surface area (Å²) in [6.45, 7) is 4.65. The first-order valence-corrected chi connectivity index (χ1v) is 9.12. The van der Waals surface area contributed by atoms with Crippen molar-refractivity contribution in [3.63, 3.8) is 0 Å². The van der Waals surface area contributed by atoms with Crippen LogP contribution >= 0.6 is 0 Å². The van der Waals surface area contributed by atoms with Gasteiger partial charge in [0, 0.05) is 24.4 Å². The van der Waals surface area contributed by atoms with Crippen molar-refractivity contribution in [2.45, 2.75) is 38.8 Å². The number of hydrogen-bond donors (Lipinski definition) is 1. The van der Waals surface area contributed by atoms with Gasteiger partial charge in [0.1, 0.15) is 11.7 Å². The minimum atomic E-state index is -0.907. The van der Waals surface area contributed by atoms with E-state index in [2.05, 4.69) is 13.8 Å². The number of nitrogens with zero attached hydrogens (tertiary/aromatic N) is 1. The summed E-state index contributed by atoms with van der Waals surface area (Å²) >= 11 is 0. The second-order valence-corrected chi connectivity index (χ2v) is 7.70. The molecule has 0 radical (unpaired) electrons. The van der Waals surface area contributed by atoms with Gasteiger partial charge in [0.05, 0.1) is 6.26 Å². The largest absolute Gasteiger partial charge is 0.481 e. The van der Waals surface area contributed by atoms with Crippen LogP contribution in [0.25, 0.3) is 0 Å². The zero-order valence-corrected chi connectivity index (χ0v) is 15.0. The number of carbonyl (C=O) groups excluding carboxylic acids is 1. The third kappa shape index (κ3) is 2.54. The predicted molar refractivity (Wildman–Crippen MR) is 95.4 cm³/mol. The van der Waals surface area contributed by atoms with E-state index in [1.54, 1.807) is 6.07 Å². The van der Waals surface area contributed by atoms with Crippen molar-refractivity contribution in [2.24, 2.45) is 17.8 Å². The average molecular weight is 353 g/mol. The SMILES string of the molecule is CC(C)[C@H]1[C@H]2[C@@H](Cc3ccoc3[C@@H]2C(=O)O)C(=O)N1Cc1ccccc1. The molecule has 4 rings (SSSR count). The third-order valence-corrected chi connectivity index (χ3v) is 5.85. The molecule has 1 fully saturated rings. The average Bonchev–Trinajstić information content (AvgIpc) is 3.17. The number of amides is 1. The van der Waals surface area contributed by atoms with E-state index in [0.29, 0.717) is 18.7 Å². The molecule has 4 atom stereocenters. The van der Waals surface area contributed by atoms with E-state index in [4.69, 9.17) is 4.42 Å². The number of rotatable bonds is 4. The van der Waals surface area contributed by atoms with Crippen molar-refractivity contribution >= 4 is 11.9 Å². The normalized spacial score (nSPS) is 27.5. The maximum absolute atomic E-state index is 13.3. The molecule has 5 nitrogen and oxygen atoms in total. The van der Waals surface area contributed by atoms with Crippen LogP contribution in [0.1, 0.15) is 36.7 Å². The fourth-order valence-corrected chi connectivity index (χ4v) is 4.87. The van der Waals surface area contributed by atoms with Crippen LogP contribution in [-0.4, -0.2) is 27.9 Å². The summed E-state index contributed by atoms with van der Waals surface area (Å²) < 4.78 is 5.54. The zero-order valence-electron chi connectivity index (χ0n) is 15.0. The number of carboxylic acid groups (broad SMARTS) is 1. The lowest BCUT2D eigenvalue weighted by Gasteiger charge is -2.35. The molecule has 0 saturated carbocycles. The highest BCUT2D eigenvalue weighted by molar-refractivity contribution is 5.86. The van der Waals surface area contributed by atoms with Gasteiger partial charge in [-0.2, -0.15) is 0 Å². The molecule has 136 valence electrons. The topological polar surface area (TPSA) is 70.7 Å². The molecule has 2 heterocycles. The summed E-state index contributed by atoms with van der Waals surface area (Å²) in [5.74, 6) is -1.48. The lowest BCUT2D eigenvalue weighted by Crippen LogP contribution is -2.42. The third-order valence-electron chi connectivity index (χ3n) is 5.85. The van der Waals surface area contributed by atoms with Gasteiger partial charge in [-0.25, -0.2) is 0 Å². The number of benzene rings is 1. The van der Waals surface area contributed by atoms with Crippen molar-refractivity contribution in [1.82, 2.24) is 4.90 Å². The second-order valence-electron chi connectivity index (χ2n) is 7.70. The van der Waals surface area contributed by atoms with Crippen LogP contribution in [0, 0.1) is 17.8 Å². The van der Waals surface area contributed by atoms with Gasteiger partial charge in [-0.1, -0.05) is 44.2 Å². The summed E-state index contributed by atoms with van der Waals surface area (Å²) in [5, 5.41) is 9.92. The first kappa shape index (κ1) is 16.9.